The van der Waals surface area contributed by atoms with Gasteiger partial charge >= 0.3 is 0 Å². The van der Waals surface area contributed by atoms with Crippen molar-refractivity contribution in [3.63, 3.8) is 0 Å². The Labute approximate surface area is 183 Å². The van der Waals surface area contributed by atoms with E-state index in [1.807, 2.05) is 54.6 Å². The number of nitrogens with zero attached hydrogens (tertiary/aromatic N) is 2. The molecule has 0 atom stereocenters. The number of aromatic nitrogens is 3. The van der Waals surface area contributed by atoms with Gasteiger partial charge in [0.25, 0.3) is 0 Å². The second-order valence-corrected chi connectivity index (χ2v) is 7.26. The van der Waals surface area contributed by atoms with Crippen LogP contribution >= 0.6 is 0 Å². The van der Waals surface area contributed by atoms with E-state index in [-0.39, 0.29) is 0 Å². The van der Waals surface area contributed by atoms with Crippen LogP contribution in [0, 0.1) is 0 Å². The van der Waals surface area contributed by atoms with Crippen molar-refractivity contribution in [1.82, 2.24) is 15.2 Å². The molecule has 32 heavy (non-hydrogen) atoms. The molecule has 0 bridgehead atoms. The highest BCUT2D eigenvalue weighted by atomic mass is 16.5. The van der Waals surface area contributed by atoms with Gasteiger partial charge in [-0.15, -0.1) is 0 Å². The number of aromatic amines is 1. The van der Waals surface area contributed by atoms with Crippen molar-refractivity contribution in [2.45, 2.75) is 0 Å². The summed E-state index contributed by atoms with van der Waals surface area (Å²) in [4.78, 5) is 16.0. The lowest BCUT2D eigenvalue weighted by molar-refractivity contribution is 0.100. The van der Waals surface area contributed by atoms with E-state index in [2.05, 4.69) is 15.2 Å². The second kappa shape index (κ2) is 7.88. The number of anilines is 1. The van der Waals surface area contributed by atoms with Crippen molar-refractivity contribution >= 4 is 22.6 Å². The van der Waals surface area contributed by atoms with Crippen LogP contribution in [-0.4, -0.2) is 21.1 Å². The number of para-hydroxylation sites is 1. The highest BCUT2D eigenvalue weighted by molar-refractivity contribution is 6.06. The zero-order chi connectivity index (χ0) is 22.1. The van der Waals surface area contributed by atoms with Gasteiger partial charge in [0.15, 0.2) is 5.82 Å². The van der Waals surface area contributed by atoms with Gasteiger partial charge in [0.2, 0.25) is 5.91 Å². The third kappa shape index (κ3) is 3.52. The molecule has 0 aliphatic heterocycles. The lowest BCUT2D eigenvalue weighted by Crippen LogP contribution is -2.10. The molecular formula is C25H19N5O2. The predicted molar refractivity (Wildman–Crippen MR) is 124 cm³/mol. The molecule has 3 aromatic carbocycles. The molecule has 0 spiro atoms. The van der Waals surface area contributed by atoms with Crippen LogP contribution in [0.25, 0.3) is 33.3 Å². The molecule has 2 heterocycles. The Balaban J connectivity index is 1.52. The van der Waals surface area contributed by atoms with Crippen LogP contribution in [0.4, 0.5) is 5.82 Å². The summed E-state index contributed by atoms with van der Waals surface area (Å²) in [6.45, 7) is 0. The first-order valence-corrected chi connectivity index (χ1v) is 9.96. The first-order chi connectivity index (χ1) is 15.6. The molecule has 0 saturated carbocycles. The molecule has 7 heteroatoms. The van der Waals surface area contributed by atoms with E-state index in [4.69, 9.17) is 16.2 Å². The zero-order valence-electron chi connectivity index (χ0n) is 16.9. The Morgan fingerprint density at radius 1 is 0.844 bits per heavy atom. The summed E-state index contributed by atoms with van der Waals surface area (Å²) in [5, 5.41) is 7.98. The molecule has 0 unspecified atom stereocenters. The molecule has 0 aliphatic carbocycles. The Morgan fingerprint density at radius 2 is 1.50 bits per heavy atom. The van der Waals surface area contributed by atoms with Crippen molar-refractivity contribution < 1.29 is 9.53 Å². The largest absolute Gasteiger partial charge is 0.457 e. The fourth-order valence-corrected chi connectivity index (χ4v) is 3.62. The number of nitrogens with one attached hydrogen (secondary N) is 1. The maximum absolute atomic E-state index is 11.4. The number of carbonyl (C=O) groups is 1. The summed E-state index contributed by atoms with van der Waals surface area (Å²) < 4.78 is 5.88. The van der Waals surface area contributed by atoms with Crippen molar-refractivity contribution in [1.29, 1.82) is 0 Å². The number of hydrogen-bond acceptors (Lipinski definition) is 5. The third-order valence-electron chi connectivity index (χ3n) is 5.21. The molecule has 5 rings (SSSR count). The number of rotatable bonds is 5. The zero-order valence-corrected chi connectivity index (χ0v) is 16.9. The van der Waals surface area contributed by atoms with Gasteiger partial charge in [-0.1, -0.05) is 42.5 Å². The van der Waals surface area contributed by atoms with Crippen molar-refractivity contribution in [3.05, 3.63) is 90.6 Å². The number of carbonyl (C=O) groups excluding carboxylic acids is 1. The minimum atomic E-state index is -0.476. The van der Waals surface area contributed by atoms with E-state index in [0.29, 0.717) is 17.1 Å². The standard InChI is InChI=1S/C25H19N5O2/c26-24-21-20(15-10-12-19(13-11-15)32-18-4-2-1-3-5-18)14-28-22(23(21)29-30-24)16-6-8-17(9-7-16)25(27)31/h1-14H,(H2,27,31)(H3,26,29,30). The van der Waals surface area contributed by atoms with E-state index in [9.17, 15) is 4.79 Å². The number of primary amides is 1. The second-order valence-electron chi connectivity index (χ2n) is 7.26. The fraction of sp³-hybridized carbons (Fsp3) is 0. The van der Waals surface area contributed by atoms with Crippen molar-refractivity contribution in [2.24, 2.45) is 5.73 Å². The van der Waals surface area contributed by atoms with Gasteiger partial charge in [-0.25, -0.2) is 0 Å². The molecule has 0 aliphatic rings. The Hall–Kier alpha value is -4.65. The summed E-state index contributed by atoms with van der Waals surface area (Å²) in [7, 11) is 0. The van der Waals surface area contributed by atoms with Gasteiger partial charge in [-0.05, 0) is 42.0 Å². The summed E-state index contributed by atoms with van der Waals surface area (Å²) in [5.41, 5.74) is 16.0. The summed E-state index contributed by atoms with van der Waals surface area (Å²) in [5.74, 6) is 1.41. The van der Waals surface area contributed by atoms with Gasteiger partial charge in [-0.2, -0.15) is 5.10 Å². The highest BCUT2D eigenvalue weighted by Gasteiger charge is 2.16. The van der Waals surface area contributed by atoms with E-state index < -0.39 is 5.91 Å². The Kier molecular flexibility index (Phi) is 4.76. The van der Waals surface area contributed by atoms with Crippen LogP contribution in [0.1, 0.15) is 10.4 Å². The highest BCUT2D eigenvalue weighted by Crippen LogP contribution is 2.36. The molecule has 0 saturated heterocycles. The van der Waals surface area contributed by atoms with Crippen LogP contribution in [0.3, 0.4) is 0 Å². The smallest absolute Gasteiger partial charge is 0.248 e. The number of hydrogen-bond donors (Lipinski definition) is 3. The van der Waals surface area contributed by atoms with Crippen LogP contribution in [0.2, 0.25) is 0 Å². The predicted octanol–water partition coefficient (Wildman–Crippen LogP) is 4.77. The molecule has 5 N–H and O–H groups in total. The van der Waals surface area contributed by atoms with Gasteiger partial charge in [0.05, 0.1) is 16.6 Å². The number of benzene rings is 3. The molecule has 0 radical (unpaired) electrons. The van der Waals surface area contributed by atoms with Gasteiger partial charge < -0.3 is 16.2 Å². The van der Waals surface area contributed by atoms with E-state index in [0.717, 1.165) is 39.1 Å². The summed E-state index contributed by atoms with van der Waals surface area (Å²) in [6, 6.07) is 24.3. The molecule has 0 fully saturated rings. The minimum absolute atomic E-state index is 0.386. The average Bonchev–Trinajstić information content (AvgIpc) is 3.22. The van der Waals surface area contributed by atoms with Gasteiger partial charge in [-0.3, -0.25) is 14.9 Å². The van der Waals surface area contributed by atoms with Crippen LogP contribution < -0.4 is 16.2 Å². The number of nitrogens with two attached hydrogens (primary N) is 2. The number of ether oxygens (including phenoxy) is 1. The fourth-order valence-electron chi connectivity index (χ4n) is 3.62. The maximum Gasteiger partial charge on any atom is 0.248 e. The van der Waals surface area contributed by atoms with Crippen LogP contribution in [-0.2, 0) is 0 Å². The number of H-pyrrole nitrogens is 1. The topological polar surface area (TPSA) is 120 Å². The lowest BCUT2D eigenvalue weighted by atomic mass is 10.00. The Bertz CT molecular complexity index is 1410. The molecule has 5 aromatic rings. The number of nitrogen functional groups attached to an aromatic ring is 1. The SMILES string of the molecule is NC(=O)c1ccc(-c2ncc(-c3ccc(Oc4ccccc4)cc3)c3c(N)n[nH]c23)cc1. The molecule has 2 aromatic heterocycles. The van der Waals surface area contributed by atoms with Crippen LogP contribution in [0.5, 0.6) is 11.5 Å². The lowest BCUT2D eigenvalue weighted by Gasteiger charge is -2.10. The van der Waals surface area contributed by atoms with Gasteiger partial charge in [0.1, 0.15) is 11.5 Å². The molecule has 1 amide bonds. The number of amides is 1. The number of pyridine rings is 1. The van der Waals surface area contributed by atoms with Crippen molar-refractivity contribution in [3.8, 4) is 33.9 Å². The normalized spacial score (nSPS) is 10.9. The third-order valence-corrected chi connectivity index (χ3v) is 5.21. The molecule has 7 nitrogen and oxygen atoms in total. The first-order valence-electron chi connectivity index (χ1n) is 9.96. The average molecular weight is 421 g/mol. The summed E-state index contributed by atoms with van der Waals surface area (Å²) >= 11 is 0. The van der Waals surface area contributed by atoms with E-state index in [1.165, 1.54) is 0 Å². The van der Waals surface area contributed by atoms with Crippen LogP contribution in [0.15, 0.2) is 85.1 Å². The van der Waals surface area contributed by atoms with E-state index in [1.54, 1.807) is 30.5 Å². The molecular weight excluding hydrogens is 402 g/mol. The Morgan fingerprint density at radius 3 is 2.19 bits per heavy atom. The summed E-state index contributed by atoms with van der Waals surface area (Å²) in [6.07, 6.45) is 1.78. The molecule has 156 valence electrons. The quantitative estimate of drug-likeness (QED) is 0.378. The van der Waals surface area contributed by atoms with E-state index >= 15 is 0 Å². The first kappa shape index (κ1) is 19.3. The maximum atomic E-state index is 11.4. The minimum Gasteiger partial charge on any atom is -0.457 e. The van der Waals surface area contributed by atoms with Crippen molar-refractivity contribution in [2.75, 3.05) is 5.73 Å². The monoisotopic (exact) mass is 421 g/mol. The number of fused-ring (bicyclic) bond motifs is 1. The van der Waals surface area contributed by atoms with Gasteiger partial charge in [0, 0.05) is 22.9 Å².